The van der Waals surface area contributed by atoms with Gasteiger partial charge in [-0.1, -0.05) is 0 Å². The molecule has 0 aliphatic rings. The van der Waals surface area contributed by atoms with Gasteiger partial charge in [0.25, 0.3) is 0 Å². The minimum atomic E-state index is 0.723. The van der Waals surface area contributed by atoms with Crippen molar-refractivity contribution in [2.75, 3.05) is 0 Å². The van der Waals surface area contributed by atoms with Crippen LogP contribution in [0, 0.1) is 0 Å². The molecule has 0 saturated carbocycles. The molecule has 1 aromatic carbocycles. The van der Waals surface area contributed by atoms with Crippen LogP contribution >= 0.6 is 0 Å². The fourth-order valence-electron chi connectivity index (χ4n) is 1.38. The first kappa shape index (κ1) is 8.91. The Bertz CT molecular complexity index is 193. The topological polar surface area (TPSA) is 0 Å². The second-order valence-electron chi connectivity index (χ2n) is 3.10. The van der Waals surface area contributed by atoms with Crippen LogP contribution in [0.2, 0.25) is 0 Å². The molecule has 0 aliphatic heterocycles. The predicted molar refractivity (Wildman–Crippen MR) is 49.8 cm³/mol. The third kappa shape index (κ3) is 2.73. The summed E-state index contributed by atoms with van der Waals surface area (Å²) in [5, 5.41) is 0. The summed E-state index contributed by atoms with van der Waals surface area (Å²) in [4.78, 5) is 0. The van der Waals surface area contributed by atoms with Crippen molar-refractivity contribution in [2.45, 2.75) is 24.4 Å². The Morgan fingerprint density at radius 2 is 1.91 bits per heavy atom. The molecule has 1 rings (SSSR count). The Morgan fingerprint density at radius 3 is 2.45 bits per heavy atom. The summed E-state index contributed by atoms with van der Waals surface area (Å²) < 4.78 is 0.723. The van der Waals surface area contributed by atoms with Crippen LogP contribution in [0.5, 0.6) is 0 Å². The summed E-state index contributed by atoms with van der Waals surface area (Å²) in [6.45, 7) is 2.24. The summed E-state index contributed by atoms with van der Waals surface area (Å²) in [5.41, 5.74) is 1.47. The van der Waals surface area contributed by atoms with Gasteiger partial charge in [0.2, 0.25) is 0 Å². The van der Waals surface area contributed by atoms with Gasteiger partial charge in [0.05, 0.1) is 0 Å². The molecule has 1 aromatic rings. The van der Waals surface area contributed by atoms with Gasteiger partial charge in [-0.05, 0) is 0 Å². The second kappa shape index (κ2) is 4.65. The van der Waals surface area contributed by atoms with E-state index in [1.807, 2.05) is 0 Å². The van der Waals surface area contributed by atoms with Crippen molar-refractivity contribution in [3.63, 3.8) is 0 Å². The SMILES string of the molecule is [Li][CH](CCC)c1ccccc1. The average Bonchev–Trinajstić information content (AvgIpc) is 2.07. The Labute approximate surface area is 78.2 Å². The molecule has 0 amide bonds. The van der Waals surface area contributed by atoms with Crippen LogP contribution in [0.25, 0.3) is 0 Å². The van der Waals surface area contributed by atoms with Crippen LogP contribution in [0.3, 0.4) is 0 Å². The van der Waals surface area contributed by atoms with Crippen molar-refractivity contribution in [3.05, 3.63) is 35.9 Å². The fourth-order valence-corrected chi connectivity index (χ4v) is 1.38. The number of hydrogen-bond donors (Lipinski definition) is 0. The Hall–Kier alpha value is -0.183. The molecule has 1 unspecified atom stereocenters. The van der Waals surface area contributed by atoms with Crippen LogP contribution in [0.4, 0.5) is 0 Å². The van der Waals surface area contributed by atoms with Crippen LogP contribution in [-0.4, -0.2) is 17.7 Å². The first-order chi connectivity index (χ1) is 5.34. The van der Waals surface area contributed by atoms with Gasteiger partial charge < -0.3 is 0 Å². The predicted octanol–water partition coefficient (Wildman–Crippen LogP) is 2.70. The molecule has 0 saturated heterocycles. The third-order valence-electron chi connectivity index (χ3n) is 2.09. The monoisotopic (exact) mass is 140 g/mol. The zero-order chi connectivity index (χ0) is 8.10. The van der Waals surface area contributed by atoms with Gasteiger partial charge in [0, 0.05) is 0 Å². The normalized spacial score (nSPS) is 13.0. The van der Waals surface area contributed by atoms with Crippen LogP contribution in [0.1, 0.15) is 29.9 Å². The molecule has 0 heterocycles. The van der Waals surface area contributed by atoms with E-state index in [0.717, 1.165) is 4.59 Å². The Morgan fingerprint density at radius 1 is 1.27 bits per heavy atom. The molecule has 0 N–H and O–H groups in total. The van der Waals surface area contributed by atoms with Crippen molar-refractivity contribution in [2.24, 2.45) is 0 Å². The van der Waals surface area contributed by atoms with Gasteiger partial charge in [0.15, 0.2) is 0 Å². The molecular formula is C10H13Li. The van der Waals surface area contributed by atoms with Crippen molar-refractivity contribution in [1.82, 2.24) is 0 Å². The maximum absolute atomic E-state index is 2.29. The van der Waals surface area contributed by atoms with E-state index in [4.69, 9.17) is 0 Å². The average molecular weight is 140 g/mol. The Kier molecular flexibility index (Phi) is 3.76. The first-order valence-electron chi connectivity index (χ1n) is 4.39. The molecule has 0 spiro atoms. The molecule has 11 heavy (non-hydrogen) atoms. The number of rotatable bonds is 3. The molecule has 1 heteroatoms. The van der Waals surface area contributed by atoms with Crippen molar-refractivity contribution < 1.29 is 0 Å². The zero-order valence-electron chi connectivity index (χ0n) is 7.38. The summed E-state index contributed by atoms with van der Waals surface area (Å²) in [7, 11) is 0. The standard InChI is InChI=1S/C10H13.Li/c1-2-3-7-10-8-5-4-6-9-10;/h4-9H,2-3H2,1H3;. The first-order valence-corrected chi connectivity index (χ1v) is 4.39. The molecule has 54 valence electrons. The quantitative estimate of drug-likeness (QED) is 0.566. The molecule has 0 aliphatic carbocycles. The van der Waals surface area contributed by atoms with E-state index < -0.39 is 0 Å². The van der Waals surface area contributed by atoms with E-state index in [9.17, 15) is 0 Å². The minimum absolute atomic E-state index is 0.723. The van der Waals surface area contributed by atoms with Crippen molar-refractivity contribution in [1.29, 1.82) is 0 Å². The van der Waals surface area contributed by atoms with Crippen LogP contribution < -0.4 is 0 Å². The van der Waals surface area contributed by atoms with E-state index in [-0.39, 0.29) is 0 Å². The third-order valence-corrected chi connectivity index (χ3v) is 2.09. The van der Waals surface area contributed by atoms with Gasteiger partial charge >= 0.3 is 78.0 Å². The van der Waals surface area contributed by atoms with Gasteiger partial charge in [-0.25, -0.2) is 0 Å². The number of hydrogen-bond acceptors (Lipinski definition) is 0. The van der Waals surface area contributed by atoms with Gasteiger partial charge in [-0.3, -0.25) is 0 Å². The fraction of sp³-hybridized carbons (Fsp3) is 0.400. The number of benzene rings is 1. The van der Waals surface area contributed by atoms with E-state index in [2.05, 4.69) is 55.0 Å². The molecule has 0 aromatic heterocycles. The van der Waals surface area contributed by atoms with Gasteiger partial charge in [0.1, 0.15) is 0 Å². The van der Waals surface area contributed by atoms with Gasteiger partial charge in [-0.15, -0.1) is 0 Å². The summed E-state index contributed by atoms with van der Waals surface area (Å²) in [6.07, 6.45) is 2.57. The molecular weight excluding hydrogens is 127 g/mol. The van der Waals surface area contributed by atoms with E-state index >= 15 is 0 Å². The van der Waals surface area contributed by atoms with Gasteiger partial charge in [-0.2, -0.15) is 0 Å². The molecule has 1 atom stereocenters. The van der Waals surface area contributed by atoms with E-state index in [0.29, 0.717) is 0 Å². The molecule has 0 nitrogen and oxygen atoms in total. The van der Waals surface area contributed by atoms with Crippen LogP contribution in [0.15, 0.2) is 30.3 Å². The Balaban J connectivity index is 2.61. The molecule has 0 bridgehead atoms. The van der Waals surface area contributed by atoms with Crippen molar-refractivity contribution in [3.8, 4) is 0 Å². The summed E-state index contributed by atoms with van der Waals surface area (Å²) >= 11 is 2.29. The molecule has 0 radical (unpaired) electrons. The van der Waals surface area contributed by atoms with Crippen LogP contribution in [-0.2, 0) is 0 Å². The maximum atomic E-state index is 2.29. The second-order valence-corrected chi connectivity index (χ2v) is 3.10. The summed E-state index contributed by atoms with van der Waals surface area (Å²) in [5.74, 6) is 0. The zero-order valence-corrected chi connectivity index (χ0v) is 7.38. The molecule has 0 fully saturated rings. The van der Waals surface area contributed by atoms with Crippen molar-refractivity contribution >= 4 is 17.7 Å². The van der Waals surface area contributed by atoms with E-state index in [1.54, 1.807) is 0 Å². The van der Waals surface area contributed by atoms with E-state index in [1.165, 1.54) is 18.4 Å². The summed E-state index contributed by atoms with van der Waals surface area (Å²) in [6, 6.07) is 10.7.